The minimum Gasteiger partial charge on any atom is -0.497 e. The molecule has 0 saturated carbocycles. The predicted octanol–water partition coefficient (Wildman–Crippen LogP) is 3.58. The van der Waals surface area contributed by atoms with Gasteiger partial charge < -0.3 is 9.64 Å². The lowest BCUT2D eigenvalue weighted by Crippen LogP contribution is -2.34. The molecule has 0 N–H and O–H groups in total. The second-order valence-corrected chi connectivity index (χ2v) is 6.68. The monoisotopic (exact) mass is 399 g/mol. The van der Waals surface area contributed by atoms with Gasteiger partial charge in [0, 0.05) is 11.3 Å². The minimum absolute atomic E-state index is 0.0152. The van der Waals surface area contributed by atoms with Crippen molar-refractivity contribution in [3.8, 4) is 17.1 Å². The van der Waals surface area contributed by atoms with Gasteiger partial charge in [0.25, 0.3) is 5.91 Å². The Bertz CT molecular complexity index is 1110. The molecule has 0 saturated heterocycles. The number of nitrogens with zero attached hydrogens (tertiary/aromatic N) is 5. The molecule has 150 valence electrons. The van der Waals surface area contributed by atoms with E-state index < -0.39 is 0 Å². The van der Waals surface area contributed by atoms with E-state index >= 15 is 0 Å². The molecule has 7 heteroatoms. The molecule has 4 aromatic rings. The van der Waals surface area contributed by atoms with Crippen LogP contribution in [0.25, 0.3) is 11.4 Å². The summed E-state index contributed by atoms with van der Waals surface area (Å²) in [6.45, 7) is 0.444. The molecule has 1 heterocycles. The zero-order valence-electron chi connectivity index (χ0n) is 16.5. The van der Waals surface area contributed by atoms with Gasteiger partial charge in [0.15, 0.2) is 0 Å². The molecule has 1 aromatic heterocycles. The van der Waals surface area contributed by atoms with Crippen LogP contribution in [0.5, 0.6) is 5.75 Å². The lowest BCUT2D eigenvalue weighted by molar-refractivity contribution is -0.119. The van der Waals surface area contributed by atoms with Gasteiger partial charge in [-0.15, -0.1) is 10.2 Å². The Balaban J connectivity index is 1.55. The van der Waals surface area contributed by atoms with E-state index in [0.717, 1.165) is 16.8 Å². The smallest absolute Gasteiger partial charge is 0.250 e. The van der Waals surface area contributed by atoms with Gasteiger partial charge in [-0.25, -0.2) is 0 Å². The van der Waals surface area contributed by atoms with Crippen LogP contribution in [0.1, 0.15) is 5.56 Å². The zero-order chi connectivity index (χ0) is 20.8. The Morgan fingerprint density at radius 2 is 1.70 bits per heavy atom. The van der Waals surface area contributed by atoms with Crippen LogP contribution >= 0.6 is 0 Å². The van der Waals surface area contributed by atoms with Gasteiger partial charge in [-0.1, -0.05) is 60.7 Å². The quantitative estimate of drug-likeness (QED) is 0.475. The van der Waals surface area contributed by atoms with E-state index in [4.69, 9.17) is 4.74 Å². The summed E-state index contributed by atoms with van der Waals surface area (Å²) in [6, 6.07) is 26.9. The van der Waals surface area contributed by atoms with Crippen molar-refractivity contribution in [1.82, 2.24) is 20.2 Å². The summed E-state index contributed by atoms with van der Waals surface area (Å²) in [5, 5.41) is 12.5. The third-order valence-corrected chi connectivity index (χ3v) is 4.61. The van der Waals surface area contributed by atoms with E-state index in [2.05, 4.69) is 15.4 Å². The largest absolute Gasteiger partial charge is 0.497 e. The van der Waals surface area contributed by atoms with Crippen molar-refractivity contribution in [2.45, 2.75) is 13.1 Å². The summed E-state index contributed by atoms with van der Waals surface area (Å²) in [5.41, 5.74) is 2.63. The van der Waals surface area contributed by atoms with Crippen molar-refractivity contribution in [2.75, 3.05) is 12.0 Å². The van der Waals surface area contributed by atoms with Crippen molar-refractivity contribution in [1.29, 1.82) is 0 Å². The Kier molecular flexibility index (Phi) is 5.80. The second-order valence-electron chi connectivity index (χ2n) is 6.68. The number of aromatic nitrogens is 4. The third-order valence-electron chi connectivity index (χ3n) is 4.61. The summed E-state index contributed by atoms with van der Waals surface area (Å²) in [7, 11) is 1.60. The number of methoxy groups -OCH3 is 1. The van der Waals surface area contributed by atoms with Crippen LogP contribution in [0.4, 0.5) is 5.69 Å². The first-order valence-electron chi connectivity index (χ1n) is 9.54. The molecule has 0 fully saturated rings. The zero-order valence-corrected chi connectivity index (χ0v) is 16.5. The number of benzene rings is 3. The van der Waals surface area contributed by atoms with Gasteiger partial charge in [-0.05, 0) is 35.0 Å². The SMILES string of the molecule is COc1cccc(-c2nnn(CC(=O)N(Cc3ccccc3)c3ccccc3)n2)c1. The summed E-state index contributed by atoms with van der Waals surface area (Å²) >= 11 is 0. The molecule has 0 aliphatic rings. The molecule has 4 rings (SSSR count). The number of carbonyl (C=O) groups is 1. The number of amides is 1. The first kappa shape index (κ1) is 19.3. The first-order valence-corrected chi connectivity index (χ1v) is 9.54. The fourth-order valence-corrected chi connectivity index (χ4v) is 3.09. The van der Waals surface area contributed by atoms with E-state index in [1.54, 1.807) is 12.0 Å². The van der Waals surface area contributed by atoms with Gasteiger partial charge >= 0.3 is 0 Å². The maximum absolute atomic E-state index is 13.1. The van der Waals surface area contributed by atoms with Crippen LogP contribution in [0.2, 0.25) is 0 Å². The number of hydrogen-bond donors (Lipinski definition) is 0. The molecule has 7 nitrogen and oxygen atoms in total. The number of carbonyl (C=O) groups excluding carboxylic acids is 1. The molecule has 0 radical (unpaired) electrons. The highest BCUT2D eigenvalue weighted by molar-refractivity contribution is 5.93. The molecule has 1 amide bonds. The normalized spacial score (nSPS) is 10.6. The van der Waals surface area contributed by atoms with Gasteiger partial charge in [-0.2, -0.15) is 4.80 Å². The molecular formula is C23H21N5O2. The highest BCUT2D eigenvalue weighted by atomic mass is 16.5. The molecule has 0 atom stereocenters. The Labute approximate surface area is 174 Å². The van der Waals surface area contributed by atoms with Crippen molar-refractivity contribution in [3.63, 3.8) is 0 Å². The van der Waals surface area contributed by atoms with Crippen LogP contribution in [0, 0.1) is 0 Å². The van der Waals surface area contributed by atoms with Crippen LogP contribution in [-0.2, 0) is 17.9 Å². The number of hydrogen-bond acceptors (Lipinski definition) is 5. The van der Waals surface area contributed by atoms with E-state index in [1.807, 2.05) is 84.9 Å². The molecular weight excluding hydrogens is 378 g/mol. The van der Waals surface area contributed by atoms with E-state index in [0.29, 0.717) is 18.1 Å². The summed E-state index contributed by atoms with van der Waals surface area (Å²) in [6.07, 6.45) is 0. The molecule has 0 spiro atoms. The van der Waals surface area contributed by atoms with E-state index in [9.17, 15) is 4.79 Å². The highest BCUT2D eigenvalue weighted by Gasteiger charge is 2.18. The average Bonchev–Trinajstić information content (AvgIpc) is 3.27. The van der Waals surface area contributed by atoms with Gasteiger partial charge in [0.1, 0.15) is 12.3 Å². The standard InChI is InChI=1S/C23H21N5O2/c1-30-21-14-8-11-19(15-21)23-24-26-28(25-23)17-22(29)27(20-12-6-3-7-13-20)16-18-9-4-2-5-10-18/h2-15H,16-17H2,1H3. The molecule has 3 aromatic carbocycles. The van der Waals surface area contributed by atoms with Gasteiger partial charge in [-0.3, -0.25) is 4.79 Å². The van der Waals surface area contributed by atoms with Crippen LogP contribution < -0.4 is 9.64 Å². The van der Waals surface area contributed by atoms with Crippen molar-refractivity contribution in [3.05, 3.63) is 90.5 Å². The lowest BCUT2D eigenvalue weighted by atomic mass is 10.2. The topological polar surface area (TPSA) is 73.1 Å². The summed E-state index contributed by atoms with van der Waals surface area (Å²) in [4.78, 5) is 16.2. The first-order chi connectivity index (χ1) is 14.7. The van der Waals surface area contributed by atoms with Crippen LogP contribution in [-0.4, -0.2) is 33.2 Å². The maximum atomic E-state index is 13.1. The summed E-state index contributed by atoms with van der Waals surface area (Å²) in [5.74, 6) is 1.02. The van der Waals surface area contributed by atoms with Gasteiger partial charge in [0.05, 0.1) is 13.7 Å². The third kappa shape index (κ3) is 4.52. The molecule has 0 aliphatic carbocycles. The second kappa shape index (κ2) is 9.00. The van der Waals surface area contributed by atoms with E-state index in [1.165, 1.54) is 4.80 Å². The fourth-order valence-electron chi connectivity index (χ4n) is 3.09. The fraction of sp³-hybridized carbons (Fsp3) is 0.130. The molecule has 0 unspecified atom stereocenters. The van der Waals surface area contributed by atoms with Crippen LogP contribution in [0.3, 0.4) is 0 Å². The Morgan fingerprint density at radius 3 is 2.43 bits per heavy atom. The van der Waals surface area contributed by atoms with Gasteiger partial charge in [0.2, 0.25) is 5.82 Å². The lowest BCUT2D eigenvalue weighted by Gasteiger charge is -2.22. The number of tetrazole rings is 1. The van der Waals surface area contributed by atoms with E-state index in [-0.39, 0.29) is 12.5 Å². The predicted molar refractivity (Wildman–Crippen MR) is 114 cm³/mol. The number of ether oxygens (including phenoxy) is 1. The van der Waals surface area contributed by atoms with Crippen LogP contribution in [0.15, 0.2) is 84.9 Å². The highest BCUT2D eigenvalue weighted by Crippen LogP contribution is 2.20. The molecule has 30 heavy (non-hydrogen) atoms. The maximum Gasteiger partial charge on any atom is 0.250 e. The Hall–Kier alpha value is -4.00. The Morgan fingerprint density at radius 1 is 0.967 bits per heavy atom. The minimum atomic E-state index is -0.125. The molecule has 0 bridgehead atoms. The number of para-hydroxylation sites is 1. The van der Waals surface area contributed by atoms with Crippen molar-refractivity contribution in [2.24, 2.45) is 0 Å². The number of rotatable bonds is 7. The molecule has 0 aliphatic heterocycles. The van der Waals surface area contributed by atoms with Crippen molar-refractivity contribution >= 4 is 11.6 Å². The number of anilines is 1. The summed E-state index contributed by atoms with van der Waals surface area (Å²) < 4.78 is 5.24. The average molecular weight is 399 g/mol. The van der Waals surface area contributed by atoms with Crippen molar-refractivity contribution < 1.29 is 9.53 Å².